The zero-order valence-corrected chi connectivity index (χ0v) is 12.5. The molecule has 0 aromatic heterocycles. The molecule has 1 aromatic carbocycles. The van der Waals surface area contributed by atoms with Crippen LogP contribution in [0.15, 0.2) is 22.7 Å². The third kappa shape index (κ3) is 5.09. The molecule has 0 aliphatic heterocycles. The predicted molar refractivity (Wildman–Crippen MR) is 74.5 cm³/mol. The van der Waals surface area contributed by atoms with Gasteiger partial charge in [-0.15, -0.1) is 0 Å². The molecule has 0 fully saturated rings. The third-order valence-electron chi connectivity index (χ3n) is 2.54. The Morgan fingerprint density at radius 1 is 1.35 bits per heavy atom. The Morgan fingerprint density at radius 2 is 2.00 bits per heavy atom. The summed E-state index contributed by atoms with van der Waals surface area (Å²) in [6, 6.07) is 5.92. The minimum absolute atomic E-state index is 0.156. The van der Waals surface area contributed by atoms with Crippen molar-refractivity contribution in [2.45, 2.75) is 39.7 Å². The lowest BCUT2D eigenvalue weighted by Gasteiger charge is -2.22. The maximum absolute atomic E-state index is 10.0. The summed E-state index contributed by atoms with van der Waals surface area (Å²) in [6.45, 7) is 6.42. The fourth-order valence-corrected chi connectivity index (χ4v) is 2.48. The SMILES string of the molecule is COc1ccc(CC(O)CC(C)(C)C)cc1Br. The Labute approximate surface area is 112 Å². The topological polar surface area (TPSA) is 29.5 Å². The first kappa shape index (κ1) is 14.5. The maximum Gasteiger partial charge on any atom is 0.133 e. The van der Waals surface area contributed by atoms with Crippen molar-refractivity contribution in [3.05, 3.63) is 28.2 Å². The van der Waals surface area contributed by atoms with Crippen molar-refractivity contribution in [1.82, 2.24) is 0 Å². The molecule has 17 heavy (non-hydrogen) atoms. The van der Waals surface area contributed by atoms with Crippen molar-refractivity contribution in [2.24, 2.45) is 5.41 Å². The highest BCUT2D eigenvalue weighted by Crippen LogP contribution is 2.27. The Morgan fingerprint density at radius 3 is 2.47 bits per heavy atom. The number of aliphatic hydroxyl groups is 1. The fraction of sp³-hybridized carbons (Fsp3) is 0.571. The summed E-state index contributed by atoms with van der Waals surface area (Å²) in [4.78, 5) is 0. The van der Waals surface area contributed by atoms with Gasteiger partial charge in [0.05, 0.1) is 17.7 Å². The van der Waals surface area contributed by atoms with Crippen molar-refractivity contribution in [2.75, 3.05) is 7.11 Å². The summed E-state index contributed by atoms with van der Waals surface area (Å²) in [5.41, 5.74) is 1.28. The van der Waals surface area contributed by atoms with Gasteiger partial charge in [0.25, 0.3) is 0 Å². The molecule has 1 N–H and O–H groups in total. The molecule has 0 spiro atoms. The zero-order valence-electron chi connectivity index (χ0n) is 11.0. The molecule has 0 radical (unpaired) electrons. The third-order valence-corrected chi connectivity index (χ3v) is 3.16. The summed E-state index contributed by atoms with van der Waals surface area (Å²) < 4.78 is 6.11. The average molecular weight is 301 g/mol. The molecule has 0 aliphatic carbocycles. The molecular weight excluding hydrogens is 280 g/mol. The Balaban J connectivity index is 2.66. The molecule has 1 atom stereocenters. The summed E-state index contributed by atoms with van der Waals surface area (Å²) in [6.07, 6.45) is 1.19. The minimum Gasteiger partial charge on any atom is -0.496 e. The van der Waals surface area contributed by atoms with E-state index < -0.39 is 0 Å². The number of rotatable bonds is 4. The second kappa shape index (κ2) is 5.87. The molecule has 0 bridgehead atoms. The molecule has 0 saturated heterocycles. The van der Waals surface area contributed by atoms with Crippen LogP contribution in [0, 0.1) is 5.41 Å². The highest BCUT2D eigenvalue weighted by atomic mass is 79.9. The Kier molecular flexibility index (Phi) is 5.02. The minimum atomic E-state index is -0.296. The van der Waals surface area contributed by atoms with Crippen LogP contribution in [0.5, 0.6) is 5.75 Å². The van der Waals surface area contributed by atoms with E-state index in [-0.39, 0.29) is 11.5 Å². The van der Waals surface area contributed by atoms with Gasteiger partial charge in [-0.1, -0.05) is 26.8 Å². The van der Waals surface area contributed by atoms with E-state index in [0.29, 0.717) is 6.42 Å². The predicted octanol–water partition coefficient (Wildman–Crippen LogP) is 3.80. The van der Waals surface area contributed by atoms with Crippen LogP contribution in [-0.4, -0.2) is 18.3 Å². The number of aliphatic hydroxyl groups excluding tert-OH is 1. The van der Waals surface area contributed by atoms with Crippen molar-refractivity contribution >= 4 is 15.9 Å². The van der Waals surface area contributed by atoms with Crippen LogP contribution >= 0.6 is 15.9 Å². The van der Waals surface area contributed by atoms with E-state index in [4.69, 9.17) is 4.74 Å². The first-order valence-electron chi connectivity index (χ1n) is 5.82. The standard InChI is InChI=1S/C14H21BrO2/c1-14(2,3)9-11(16)7-10-5-6-13(17-4)12(15)8-10/h5-6,8,11,16H,7,9H2,1-4H3. The second-order valence-electron chi connectivity index (χ2n) is 5.59. The summed E-state index contributed by atoms with van der Waals surface area (Å²) in [7, 11) is 1.65. The lowest BCUT2D eigenvalue weighted by molar-refractivity contribution is 0.121. The van der Waals surface area contributed by atoms with Crippen molar-refractivity contribution in [1.29, 1.82) is 0 Å². The van der Waals surface area contributed by atoms with Gasteiger partial charge in [0.2, 0.25) is 0 Å². The van der Waals surface area contributed by atoms with Crippen molar-refractivity contribution in [3.8, 4) is 5.75 Å². The number of ether oxygens (including phenoxy) is 1. The first-order chi connectivity index (χ1) is 7.81. The number of halogens is 1. The normalized spacial score (nSPS) is 13.5. The van der Waals surface area contributed by atoms with Gasteiger partial charge in [-0.05, 0) is 51.9 Å². The molecule has 1 unspecified atom stereocenters. The van der Waals surface area contributed by atoms with E-state index in [1.165, 1.54) is 0 Å². The summed E-state index contributed by atoms with van der Waals surface area (Å²) in [5.74, 6) is 0.819. The van der Waals surface area contributed by atoms with E-state index >= 15 is 0 Å². The summed E-state index contributed by atoms with van der Waals surface area (Å²) in [5, 5.41) is 10.0. The summed E-state index contributed by atoms with van der Waals surface area (Å²) >= 11 is 3.45. The first-order valence-corrected chi connectivity index (χ1v) is 6.61. The molecule has 0 heterocycles. The fourth-order valence-electron chi connectivity index (χ4n) is 1.89. The quantitative estimate of drug-likeness (QED) is 0.916. The van der Waals surface area contributed by atoms with Crippen molar-refractivity contribution < 1.29 is 9.84 Å². The van der Waals surface area contributed by atoms with Gasteiger partial charge in [-0.2, -0.15) is 0 Å². The monoisotopic (exact) mass is 300 g/mol. The van der Waals surface area contributed by atoms with Gasteiger partial charge in [-0.25, -0.2) is 0 Å². The van der Waals surface area contributed by atoms with Gasteiger partial charge in [0.15, 0.2) is 0 Å². The van der Waals surface area contributed by atoms with E-state index in [1.54, 1.807) is 7.11 Å². The van der Waals surface area contributed by atoms with E-state index in [2.05, 4.69) is 36.7 Å². The highest BCUT2D eigenvalue weighted by Gasteiger charge is 2.17. The molecule has 96 valence electrons. The molecule has 1 aromatic rings. The molecular formula is C14H21BrO2. The zero-order chi connectivity index (χ0) is 13.1. The van der Waals surface area contributed by atoms with Crippen molar-refractivity contribution in [3.63, 3.8) is 0 Å². The average Bonchev–Trinajstić information content (AvgIpc) is 2.14. The van der Waals surface area contributed by atoms with Crippen LogP contribution in [0.2, 0.25) is 0 Å². The number of methoxy groups -OCH3 is 1. The number of benzene rings is 1. The molecule has 0 saturated carbocycles. The second-order valence-corrected chi connectivity index (χ2v) is 6.45. The van der Waals surface area contributed by atoms with Crippen LogP contribution in [0.4, 0.5) is 0 Å². The smallest absolute Gasteiger partial charge is 0.133 e. The van der Waals surface area contributed by atoms with Gasteiger partial charge in [0, 0.05) is 0 Å². The van der Waals surface area contributed by atoms with Gasteiger partial charge < -0.3 is 9.84 Å². The lowest BCUT2D eigenvalue weighted by Crippen LogP contribution is -2.19. The van der Waals surface area contributed by atoms with Crippen LogP contribution < -0.4 is 4.74 Å². The Bertz CT molecular complexity index is 369. The number of hydrogen-bond acceptors (Lipinski definition) is 2. The molecule has 3 heteroatoms. The van der Waals surface area contributed by atoms with E-state index in [0.717, 1.165) is 22.2 Å². The lowest BCUT2D eigenvalue weighted by atomic mass is 9.87. The molecule has 2 nitrogen and oxygen atoms in total. The Hall–Kier alpha value is -0.540. The van der Waals surface area contributed by atoms with Crippen LogP contribution in [0.1, 0.15) is 32.8 Å². The maximum atomic E-state index is 10.0. The molecule has 0 amide bonds. The highest BCUT2D eigenvalue weighted by molar-refractivity contribution is 9.10. The van der Waals surface area contributed by atoms with E-state index in [9.17, 15) is 5.11 Å². The molecule has 0 aliphatic rings. The molecule has 1 rings (SSSR count). The number of hydrogen-bond donors (Lipinski definition) is 1. The van der Waals surface area contributed by atoms with Gasteiger partial charge >= 0.3 is 0 Å². The van der Waals surface area contributed by atoms with Gasteiger partial charge in [-0.3, -0.25) is 0 Å². The largest absolute Gasteiger partial charge is 0.496 e. The van der Waals surface area contributed by atoms with E-state index in [1.807, 2.05) is 18.2 Å². The van der Waals surface area contributed by atoms with Crippen LogP contribution in [0.3, 0.4) is 0 Å². The van der Waals surface area contributed by atoms with Crippen LogP contribution in [0.25, 0.3) is 0 Å². The van der Waals surface area contributed by atoms with Crippen LogP contribution in [-0.2, 0) is 6.42 Å². The van der Waals surface area contributed by atoms with Gasteiger partial charge in [0.1, 0.15) is 5.75 Å².